The maximum absolute atomic E-state index is 5.52. The number of hydrogen-bond acceptors (Lipinski definition) is 5. The number of aromatic nitrogens is 2. The lowest BCUT2D eigenvalue weighted by Crippen LogP contribution is -2.42. The molecule has 0 bridgehead atoms. The van der Waals surface area contributed by atoms with Gasteiger partial charge in [0.2, 0.25) is 5.95 Å². The van der Waals surface area contributed by atoms with Crippen molar-refractivity contribution in [3.63, 3.8) is 0 Å². The molecule has 5 heteroatoms. The summed E-state index contributed by atoms with van der Waals surface area (Å²) in [6.45, 7) is 2.95. The van der Waals surface area contributed by atoms with Crippen LogP contribution in [0.15, 0.2) is 12.4 Å². The molecule has 0 atom stereocenters. The second-order valence-electron chi connectivity index (χ2n) is 5.08. The lowest BCUT2D eigenvalue weighted by molar-refractivity contribution is 0.252. The van der Waals surface area contributed by atoms with Gasteiger partial charge in [-0.05, 0) is 51.5 Å². The number of hydrogen-bond donors (Lipinski definition) is 1. The van der Waals surface area contributed by atoms with Gasteiger partial charge in [-0.25, -0.2) is 9.97 Å². The summed E-state index contributed by atoms with van der Waals surface area (Å²) in [7, 11) is 4.27. The Morgan fingerprint density at radius 2 is 1.94 bits per heavy atom. The average molecular weight is 249 g/mol. The van der Waals surface area contributed by atoms with E-state index in [0.717, 1.165) is 31.0 Å². The normalized spacial score (nSPS) is 17.9. The fourth-order valence-electron chi connectivity index (χ4n) is 2.37. The highest BCUT2D eigenvalue weighted by molar-refractivity contribution is 5.30. The fraction of sp³-hybridized carbons (Fsp3) is 0.692. The Balaban J connectivity index is 1.97. The van der Waals surface area contributed by atoms with Crippen LogP contribution in [0.5, 0.6) is 0 Å². The van der Waals surface area contributed by atoms with Crippen molar-refractivity contribution in [3.05, 3.63) is 18.0 Å². The van der Waals surface area contributed by atoms with Gasteiger partial charge in [-0.15, -0.1) is 0 Å². The largest absolute Gasteiger partial charge is 0.341 e. The summed E-state index contributed by atoms with van der Waals surface area (Å²) < 4.78 is 0. The average Bonchev–Trinajstić information content (AvgIpc) is 2.40. The number of likely N-dealkylation sites (tertiary alicyclic amines) is 1. The third-order valence-corrected chi connectivity index (χ3v) is 3.68. The summed E-state index contributed by atoms with van der Waals surface area (Å²) in [5.41, 5.74) is 6.63. The monoisotopic (exact) mass is 249 g/mol. The van der Waals surface area contributed by atoms with Crippen molar-refractivity contribution >= 4 is 5.95 Å². The van der Waals surface area contributed by atoms with Crippen LogP contribution in [-0.2, 0) is 6.42 Å². The van der Waals surface area contributed by atoms with E-state index in [1.54, 1.807) is 0 Å². The Morgan fingerprint density at radius 1 is 1.33 bits per heavy atom. The van der Waals surface area contributed by atoms with Crippen LogP contribution in [0.25, 0.3) is 0 Å². The first-order chi connectivity index (χ1) is 8.70. The van der Waals surface area contributed by atoms with E-state index in [0.29, 0.717) is 12.6 Å². The first kappa shape index (κ1) is 13.2. The predicted octanol–water partition coefficient (Wildman–Crippen LogP) is 0.508. The van der Waals surface area contributed by atoms with Gasteiger partial charge in [-0.1, -0.05) is 0 Å². The molecule has 1 fully saturated rings. The molecule has 1 saturated heterocycles. The molecule has 0 saturated carbocycles. The molecule has 0 radical (unpaired) electrons. The van der Waals surface area contributed by atoms with Crippen molar-refractivity contribution in [3.8, 4) is 0 Å². The van der Waals surface area contributed by atoms with E-state index in [1.807, 2.05) is 12.4 Å². The molecule has 2 heterocycles. The lowest BCUT2D eigenvalue weighted by atomic mass is 10.0. The molecule has 18 heavy (non-hydrogen) atoms. The molecule has 0 amide bonds. The summed E-state index contributed by atoms with van der Waals surface area (Å²) in [6, 6.07) is 0.557. The maximum atomic E-state index is 5.52. The van der Waals surface area contributed by atoms with Crippen LogP contribution in [-0.4, -0.2) is 54.6 Å². The Labute approximate surface area is 109 Å². The van der Waals surface area contributed by atoms with E-state index in [1.165, 1.54) is 12.8 Å². The summed E-state index contributed by atoms with van der Waals surface area (Å²) >= 11 is 0. The quantitative estimate of drug-likeness (QED) is 0.842. The summed E-state index contributed by atoms with van der Waals surface area (Å²) in [5.74, 6) is 0.824. The minimum atomic E-state index is 0.557. The molecule has 1 aromatic heterocycles. The molecule has 1 aliphatic heterocycles. The molecule has 0 aromatic carbocycles. The van der Waals surface area contributed by atoms with E-state index in [9.17, 15) is 0 Å². The van der Waals surface area contributed by atoms with Gasteiger partial charge in [0.15, 0.2) is 0 Å². The molecule has 1 aliphatic rings. The Bertz CT molecular complexity index is 356. The van der Waals surface area contributed by atoms with Gasteiger partial charge < -0.3 is 15.5 Å². The smallest absolute Gasteiger partial charge is 0.225 e. The van der Waals surface area contributed by atoms with Crippen LogP contribution in [0.4, 0.5) is 5.95 Å². The van der Waals surface area contributed by atoms with E-state index in [4.69, 9.17) is 5.73 Å². The zero-order valence-electron chi connectivity index (χ0n) is 11.3. The van der Waals surface area contributed by atoms with Crippen LogP contribution in [0.1, 0.15) is 18.4 Å². The molecule has 2 N–H and O–H groups in total. The van der Waals surface area contributed by atoms with Crippen LogP contribution < -0.4 is 10.6 Å². The highest BCUT2D eigenvalue weighted by Crippen LogP contribution is 2.18. The fourth-order valence-corrected chi connectivity index (χ4v) is 2.37. The molecule has 1 aromatic rings. The zero-order valence-corrected chi connectivity index (χ0v) is 11.3. The third kappa shape index (κ3) is 3.17. The Hall–Kier alpha value is -1.20. The standard InChI is InChI=1S/C13H23N5/c1-17-7-4-12(5-8-17)18(2)13-15-9-11(3-6-14)10-16-13/h9-10,12H,3-8,14H2,1-2H3. The molecule has 0 spiro atoms. The minimum Gasteiger partial charge on any atom is -0.341 e. The summed E-state index contributed by atoms with van der Waals surface area (Å²) in [5, 5.41) is 0. The lowest BCUT2D eigenvalue weighted by Gasteiger charge is -2.35. The van der Waals surface area contributed by atoms with E-state index >= 15 is 0 Å². The van der Waals surface area contributed by atoms with E-state index in [2.05, 4.69) is 33.9 Å². The Kier molecular flexibility index (Phi) is 4.49. The molecule has 0 aliphatic carbocycles. The van der Waals surface area contributed by atoms with Gasteiger partial charge in [-0.3, -0.25) is 0 Å². The van der Waals surface area contributed by atoms with Crippen LogP contribution in [0.3, 0.4) is 0 Å². The van der Waals surface area contributed by atoms with Crippen molar-refractivity contribution in [2.24, 2.45) is 5.73 Å². The van der Waals surface area contributed by atoms with Crippen molar-refractivity contribution < 1.29 is 0 Å². The Morgan fingerprint density at radius 3 is 2.50 bits per heavy atom. The second kappa shape index (κ2) is 6.11. The minimum absolute atomic E-state index is 0.557. The van der Waals surface area contributed by atoms with Crippen LogP contribution in [0, 0.1) is 0 Å². The maximum Gasteiger partial charge on any atom is 0.225 e. The van der Waals surface area contributed by atoms with Gasteiger partial charge in [0.25, 0.3) is 0 Å². The number of rotatable bonds is 4. The summed E-state index contributed by atoms with van der Waals surface area (Å²) in [6.07, 6.45) is 6.99. The van der Waals surface area contributed by atoms with Gasteiger partial charge in [0.1, 0.15) is 0 Å². The number of anilines is 1. The van der Waals surface area contributed by atoms with Gasteiger partial charge in [0.05, 0.1) is 0 Å². The molecule has 100 valence electrons. The number of nitrogens with two attached hydrogens (primary N) is 1. The van der Waals surface area contributed by atoms with Crippen LogP contribution >= 0.6 is 0 Å². The van der Waals surface area contributed by atoms with Gasteiger partial charge >= 0.3 is 0 Å². The second-order valence-corrected chi connectivity index (χ2v) is 5.08. The highest BCUT2D eigenvalue weighted by Gasteiger charge is 2.21. The van der Waals surface area contributed by atoms with Crippen LogP contribution in [0.2, 0.25) is 0 Å². The third-order valence-electron chi connectivity index (χ3n) is 3.68. The topological polar surface area (TPSA) is 58.3 Å². The van der Waals surface area contributed by atoms with E-state index in [-0.39, 0.29) is 0 Å². The number of nitrogens with zero attached hydrogens (tertiary/aromatic N) is 4. The zero-order chi connectivity index (χ0) is 13.0. The molecule has 2 rings (SSSR count). The van der Waals surface area contributed by atoms with Crippen molar-refractivity contribution in [1.29, 1.82) is 0 Å². The number of piperidine rings is 1. The van der Waals surface area contributed by atoms with E-state index < -0.39 is 0 Å². The molecule has 5 nitrogen and oxygen atoms in total. The molecular weight excluding hydrogens is 226 g/mol. The predicted molar refractivity (Wildman–Crippen MR) is 73.7 cm³/mol. The van der Waals surface area contributed by atoms with Gasteiger partial charge in [0, 0.05) is 25.5 Å². The first-order valence-electron chi connectivity index (χ1n) is 6.63. The first-order valence-corrected chi connectivity index (χ1v) is 6.63. The van der Waals surface area contributed by atoms with Crippen molar-refractivity contribution in [2.45, 2.75) is 25.3 Å². The molecule has 0 unspecified atom stereocenters. The SMILES string of the molecule is CN1CCC(N(C)c2ncc(CCN)cn2)CC1. The van der Waals surface area contributed by atoms with Gasteiger partial charge in [-0.2, -0.15) is 0 Å². The van der Waals surface area contributed by atoms with Crippen molar-refractivity contribution in [2.75, 3.05) is 38.6 Å². The highest BCUT2D eigenvalue weighted by atomic mass is 15.3. The summed E-state index contributed by atoms with van der Waals surface area (Å²) in [4.78, 5) is 13.5. The van der Waals surface area contributed by atoms with Crippen molar-refractivity contribution in [1.82, 2.24) is 14.9 Å². The molecular formula is C13H23N5.